The average Bonchev–Trinajstić information content (AvgIpc) is 3.29. The van der Waals surface area contributed by atoms with Crippen molar-refractivity contribution in [2.24, 2.45) is 0 Å². The summed E-state index contributed by atoms with van der Waals surface area (Å²) in [6.45, 7) is 1.44. The van der Waals surface area contributed by atoms with Crippen molar-refractivity contribution in [3.63, 3.8) is 0 Å². The Hall–Kier alpha value is -3.78. The number of rotatable bonds is 7. The molecule has 7 nitrogen and oxygen atoms in total. The topological polar surface area (TPSA) is 69.0 Å². The van der Waals surface area contributed by atoms with Gasteiger partial charge in [-0.15, -0.1) is 10.2 Å². The molecule has 33 heavy (non-hydrogen) atoms. The molecule has 0 unspecified atom stereocenters. The van der Waals surface area contributed by atoms with Gasteiger partial charge in [0, 0.05) is 24.5 Å². The molecule has 4 aromatic rings. The molecule has 0 N–H and O–H groups in total. The summed E-state index contributed by atoms with van der Waals surface area (Å²) >= 11 is 1.36. The molecule has 8 heteroatoms. The number of fused-ring (bicyclic) bond motifs is 2. The fourth-order valence-electron chi connectivity index (χ4n) is 3.53. The zero-order valence-corrected chi connectivity index (χ0v) is 18.6. The number of hydrogen-bond donors (Lipinski definition) is 0. The van der Waals surface area contributed by atoms with Crippen LogP contribution in [0.2, 0.25) is 0 Å². The minimum absolute atomic E-state index is 0.0397. The molecule has 2 aromatic heterocycles. The number of amides is 1. The molecule has 0 atom stereocenters. The first-order valence-electron chi connectivity index (χ1n) is 10.6. The Morgan fingerprint density at radius 3 is 2.70 bits per heavy atom. The number of hydrogen-bond acceptors (Lipinski definition) is 6. The van der Waals surface area contributed by atoms with Crippen LogP contribution in [0.1, 0.15) is 5.56 Å². The summed E-state index contributed by atoms with van der Waals surface area (Å²) in [7, 11) is 0. The molecular formula is C25H22N4O3S. The van der Waals surface area contributed by atoms with Crippen LogP contribution in [0, 0.1) is 0 Å². The first kappa shape index (κ1) is 21.1. The van der Waals surface area contributed by atoms with E-state index in [9.17, 15) is 4.79 Å². The number of aromatic nitrogens is 3. The summed E-state index contributed by atoms with van der Waals surface area (Å²) in [6, 6.07) is 21.3. The van der Waals surface area contributed by atoms with Crippen molar-refractivity contribution in [2.45, 2.75) is 5.16 Å². The lowest BCUT2D eigenvalue weighted by molar-refractivity contribution is -0.116. The van der Waals surface area contributed by atoms with Crippen molar-refractivity contribution >= 4 is 35.1 Å². The van der Waals surface area contributed by atoms with E-state index < -0.39 is 0 Å². The zero-order valence-electron chi connectivity index (χ0n) is 17.8. The highest BCUT2D eigenvalue weighted by Crippen LogP contribution is 2.34. The Morgan fingerprint density at radius 2 is 1.82 bits per heavy atom. The first-order valence-corrected chi connectivity index (χ1v) is 11.6. The van der Waals surface area contributed by atoms with Gasteiger partial charge in [0.2, 0.25) is 5.91 Å². The largest absolute Gasteiger partial charge is 0.486 e. The van der Waals surface area contributed by atoms with Gasteiger partial charge in [-0.1, -0.05) is 60.3 Å². The molecule has 0 saturated carbocycles. The zero-order chi connectivity index (χ0) is 22.5. The fourth-order valence-corrected chi connectivity index (χ4v) is 4.33. The second-order valence-electron chi connectivity index (χ2n) is 7.35. The molecule has 166 valence electrons. The van der Waals surface area contributed by atoms with Gasteiger partial charge in [-0.05, 0) is 29.8 Å². The van der Waals surface area contributed by atoms with Crippen molar-refractivity contribution in [1.29, 1.82) is 0 Å². The van der Waals surface area contributed by atoms with E-state index in [2.05, 4.69) is 10.2 Å². The Kier molecular flexibility index (Phi) is 6.25. The summed E-state index contributed by atoms with van der Waals surface area (Å²) in [6.07, 6.45) is 5.89. The average molecular weight is 459 g/mol. The van der Waals surface area contributed by atoms with Gasteiger partial charge in [0.25, 0.3) is 0 Å². The van der Waals surface area contributed by atoms with Crippen LogP contribution in [0.3, 0.4) is 0 Å². The van der Waals surface area contributed by atoms with E-state index in [4.69, 9.17) is 9.47 Å². The molecule has 5 rings (SSSR count). The normalized spacial score (nSPS) is 12.8. The molecule has 1 amide bonds. The molecule has 0 bridgehead atoms. The Labute approximate surface area is 195 Å². The molecule has 1 aliphatic rings. The minimum atomic E-state index is -0.0397. The molecule has 2 aromatic carbocycles. The van der Waals surface area contributed by atoms with Crippen LogP contribution in [0.25, 0.3) is 11.7 Å². The number of nitrogens with zero attached hydrogens (tertiary/aromatic N) is 4. The maximum absolute atomic E-state index is 13.3. The highest BCUT2D eigenvalue weighted by Gasteiger charge is 2.20. The van der Waals surface area contributed by atoms with Crippen LogP contribution in [0.4, 0.5) is 5.69 Å². The van der Waals surface area contributed by atoms with Gasteiger partial charge < -0.3 is 14.4 Å². The van der Waals surface area contributed by atoms with Crippen LogP contribution >= 0.6 is 11.8 Å². The van der Waals surface area contributed by atoms with E-state index in [1.807, 2.05) is 89.5 Å². The highest BCUT2D eigenvalue weighted by molar-refractivity contribution is 7.99. The molecule has 0 saturated heterocycles. The third-order valence-electron chi connectivity index (χ3n) is 5.14. The number of anilines is 1. The maximum Gasteiger partial charge on any atom is 0.237 e. The summed E-state index contributed by atoms with van der Waals surface area (Å²) in [4.78, 5) is 15.1. The molecule has 0 fully saturated rings. The van der Waals surface area contributed by atoms with Gasteiger partial charge in [0.1, 0.15) is 13.2 Å². The van der Waals surface area contributed by atoms with Crippen molar-refractivity contribution in [1.82, 2.24) is 14.6 Å². The van der Waals surface area contributed by atoms with Gasteiger partial charge in [-0.2, -0.15) is 0 Å². The summed E-state index contributed by atoms with van der Waals surface area (Å²) in [5.41, 5.74) is 2.59. The lowest BCUT2D eigenvalue weighted by Crippen LogP contribution is -2.32. The van der Waals surface area contributed by atoms with Crippen LogP contribution < -0.4 is 14.4 Å². The number of carbonyl (C=O) groups is 1. The van der Waals surface area contributed by atoms with E-state index in [1.165, 1.54) is 11.8 Å². The molecular weight excluding hydrogens is 436 g/mol. The van der Waals surface area contributed by atoms with Gasteiger partial charge in [-0.3, -0.25) is 9.20 Å². The molecule has 3 heterocycles. The predicted molar refractivity (Wildman–Crippen MR) is 129 cm³/mol. The molecule has 0 spiro atoms. The monoisotopic (exact) mass is 458 g/mol. The SMILES string of the molecule is O=C(CSc1nnc2ccccn12)N(CC=Cc1ccccc1)c1ccc2c(c1)OCCO2. The molecule has 1 aliphatic heterocycles. The third-order valence-corrected chi connectivity index (χ3v) is 6.07. The standard InChI is InChI=1S/C25H22N4O3S/c30-24(18-33-25-27-26-23-10-4-5-13-29(23)25)28(14-6-9-19-7-2-1-3-8-19)20-11-12-21-22(17-20)32-16-15-31-21/h1-13,17H,14-16,18H2. The number of ether oxygens (including phenoxy) is 2. The maximum atomic E-state index is 13.3. The number of thioether (sulfide) groups is 1. The van der Waals surface area contributed by atoms with E-state index in [1.54, 1.807) is 4.90 Å². The van der Waals surface area contributed by atoms with Gasteiger partial charge in [-0.25, -0.2) is 0 Å². The quantitative estimate of drug-likeness (QED) is 0.384. The number of pyridine rings is 1. The van der Waals surface area contributed by atoms with Crippen molar-refractivity contribution in [3.8, 4) is 11.5 Å². The van der Waals surface area contributed by atoms with Crippen molar-refractivity contribution in [2.75, 3.05) is 30.4 Å². The molecule has 0 radical (unpaired) electrons. The number of benzene rings is 2. The van der Waals surface area contributed by atoms with Crippen molar-refractivity contribution < 1.29 is 14.3 Å². The van der Waals surface area contributed by atoms with Crippen LogP contribution in [-0.4, -0.2) is 46.0 Å². The van der Waals surface area contributed by atoms with Gasteiger partial charge in [0.15, 0.2) is 22.3 Å². The van der Waals surface area contributed by atoms with Gasteiger partial charge >= 0.3 is 0 Å². The first-order chi connectivity index (χ1) is 16.3. The highest BCUT2D eigenvalue weighted by atomic mass is 32.2. The second kappa shape index (κ2) is 9.79. The minimum Gasteiger partial charge on any atom is -0.486 e. The van der Waals surface area contributed by atoms with E-state index in [0.717, 1.165) is 16.9 Å². The smallest absolute Gasteiger partial charge is 0.237 e. The lowest BCUT2D eigenvalue weighted by Gasteiger charge is -2.24. The third kappa shape index (κ3) is 4.85. The van der Waals surface area contributed by atoms with Crippen molar-refractivity contribution in [3.05, 3.63) is 84.6 Å². The van der Waals surface area contributed by atoms with Crippen LogP contribution in [0.5, 0.6) is 11.5 Å². The van der Waals surface area contributed by atoms with E-state index in [-0.39, 0.29) is 11.7 Å². The Morgan fingerprint density at radius 1 is 1.00 bits per heavy atom. The number of carbonyl (C=O) groups excluding carboxylic acids is 1. The molecule has 0 aliphatic carbocycles. The Balaban J connectivity index is 1.36. The predicted octanol–water partition coefficient (Wildman–Crippen LogP) is 4.34. The Bertz CT molecular complexity index is 1290. The second-order valence-corrected chi connectivity index (χ2v) is 8.29. The van der Waals surface area contributed by atoms with E-state index in [0.29, 0.717) is 36.4 Å². The lowest BCUT2D eigenvalue weighted by atomic mass is 10.2. The fraction of sp³-hybridized carbons (Fsp3) is 0.160. The van der Waals surface area contributed by atoms with Crippen LogP contribution in [-0.2, 0) is 4.79 Å². The summed E-state index contributed by atoms with van der Waals surface area (Å²) < 4.78 is 13.2. The summed E-state index contributed by atoms with van der Waals surface area (Å²) in [5, 5.41) is 9.05. The van der Waals surface area contributed by atoms with Gasteiger partial charge in [0.05, 0.1) is 5.75 Å². The van der Waals surface area contributed by atoms with E-state index >= 15 is 0 Å². The summed E-state index contributed by atoms with van der Waals surface area (Å²) in [5.74, 6) is 1.53. The van der Waals surface area contributed by atoms with Crippen LogP contribution in [0.15, 0.2) is 84.2 Å².